The van der Waals surface area contributed by atoms with Crippen molar-refractivity contribution < 1.29 is 4.79 Å². The quantitative estimate of drug-likeness (QED) is 0.735. The van der Waals surface area contributed by atoms with Crippen LogP contribution in [-0.2, 0) is 4.79 Å². The van der Waals surface area contributed by atoms with E-state index >= 15 is 0 Å². The number of hydrogen-bond donors (Lipinski definition) is 2. The molecule has 1 fully saturated rings. The average molecular weight is 244 g/mol. The number of carbonyl (C=O) groups excluding carboxylic acids is 1. The highest BCUT2D eigenvalue weighted by atomic mass is 32.1. The highest BCUT2D eigenvalue weighted by molar-refractivity contribution is 7.81. The van der Waals surface area contributed by atoms with E-state index in [1.165, 1.54) is 25.9 Å². The fourth-order valence-corrected chi connectivity index (χ4v) is 2.09. The lowest BCUT2D eigenvalue weighted by atomic mass is 9.86. The maximum Gasteiger partial charge on any atom is 0.230 e. The Morgan fingerprint density at radius 2 is 1.94 bits per heavy atom. The number of carbonyl (C=O) groups is 1. The van der Waals surface area contributed by atoms with Gasteiger partial charge >= 0.3 is 0 Å². The van der Waals surface area contributed by atoms with E-state index in [0.717, 1.165) is 6.54 Å². The summed E-state index contributed by atoms with van der Waals surface area (Å²) in [6.07, 6.45) is 2.58. The first-order chi connectivity index (χ1) is 7.43. The fraction of sp³-hybridized carbons (Fsp3) is 0.917. The Hall–Kier alpha value is -0.220. The Kier molecular flexibility index (Phi) is 5.12. The van der Waals surface area contributed by atoms with Crippen LogP contribution in [0.25, 0.3) is 0 Å². The first-order valence-electron chi connectivity index (χ1n) is 6.06. The number of rotatable bonds is 4. The lowest BCUT2D eigenvalue weighted by molar-refractivity contribution is -0.120. The summed E-state index contributed by atoms with van der Waals surface area (Å²) in [4.78, 5) is 13.9. The maximum atomic E-state index is 11.4. The largest absolute Gasteiger partial charge is 0.351 e. The van der Waals surface area contributed by atoms with Crippen LogP contribution < -0.4 is 5.32 Å². The van der Waals surface area contributed by atoms with Crippen molar-refractivity contribution in [2.45, 2.75) is 39.7 Å². The Bertz CT molecular complexity index is 232. The van der Waals surface area contributed by atoms with Gasteiger partial charge in [0.15, 0.2) is 0 Å². The van der Waals surface area contributed by atoms with Gasteiger partial charge < -0.3 is 10.2 Å². The number of nitrogens with zero attached hydrogens (tertiary/aromatic N) is 1. The summed E-state index contributed by atoms with van der Waals surface area (Å²) < 4.78 is 0. The molecule has 1 unspecified atom stereocenters. The zero-order valence-electron chi connectivity index (χ0n) is 10.6. The van der Waals surface area contributed by atoms with E-state index in [0.29, 0.717) is 0 Å². The third kappa shape index (κ3) is 4.34. The van der Waals surface area contributed by atoms with Crippen LogP contribution >= 0.6 is 12.6 Å². The van der Waals surface area contributed by atoms with Gasteiger partial charge in [0.25, 0.3) is 0 Å². The molecule has 1 aliphatic rings. The van der Waals surface area contributed by atoms with Gasteiger partial charge in [0, 0.05) is 12.6 Å². The van der Waals surface area contributed by atoms with E-state index in [1.807, 2.05) is 0 Å². The van der Waals surface area contributed by atoms with Crippen molar-refractivity contribution >= 4 is 18.5 Å². The minimum Gasteiger partial charge on any atom is -0.351 e. The highest BCUT2D eigenvalue weighted by Gasteiger charge is 2.28. The lowest BCUT2D eigenvalue weighted by Crippen LogP contribution is -2.50. The van der Waals surface area contributed by atoms with Gasteiger partial charge in [-0.05, 0) is 31.3 Å². The third-order valence-corrected chi connectivity index (χ3v) is 3.45. The molecule has 0 radical (unpaired) electrons. The second-order valence-corrected chi connectivity index (χ2v) is 5.97. The summed E-state index contributed by atoms with van der Waals surface area (Å²) in [5, 5.41) is 3.08. The number of thiol groups is 1. The summed E-state index contributed by atoms with van der Waals surface area (Å²) in [6.45, 7) is 9.82. The fourth-order valence-electron chi connectivity index (χ4n) is 2.00. The monoisotopic (exact) mass is 244 g/mol. The van der Waals surface area contributed by atoms with E-state index in [-0.39, 0.29) is 23.1 Å². The normalized spacial score (nSPS) is 19.8. The topological polar surface area (TPSA) is 32.3 Å². The second-order valence-electron chi connectivity index (χ2n) is 5.65. The van der Waals surface area contributed by atoms with Gasteiger partial charge in [-0.25, -0.2) is 0 Å². The molecule has 0 aromatic carbocycles. The summed E-state index contributed by atoms with van der Waals surface area (Å²) in [7, 11) is 0. The lowest BCUT2D eigenvalue weighted by Gasteiger charge is -2.34. The minimum atomic E-state index is 0.0301. The molecule has 94 valence electrons. The molecule has 0 saturated carbocycles. The van der Waals surface area contributed by atoms with Crippen LogP contribution in [0.5, 0.6) is 0 Å². The van der Waals surface area contributed by atoms with Crippen molar-refractivity contribution in [3.63, 3.8) is 0 Å². The van der Waals surface area contributed by atoms with Crippen LogP contribution in [0.3, 0.4) is 0 Å². The van der Waals surface area contributed by atoms with Gasteiger partial charge in [0.05, 0.1) is 5.75 Å². The molecular weight excluding hydrogens is 220 g/mol. The standard InChI is InChI=1S/C12H24N2OS/c1-12(2,3)10(13-11(15)9-16)8-14-6-4-5-7-14/h10,16H,4-9H2,1-3H3,(H,13,15). The predicted octanol–water partition coefficient (Wildman–Crippen LogP) is 1.54. The van der Waals surface area contributed by atoms with Crippen molar-refractivity contribution in [1.29, 1.82) is 0 Å². The van der Waals surface area contributed by atoms with E-state index in [9.17, 15) is 4.79 Å². The molecule has 0 aliphatic carbocycles. The summed E-state index contributed by atoms with van der Waals surface area (Å²) in [5.41, 5.74) is 0.0984. The molecule has 0 spiro atoms. The van der Waals surface area contributed by atoms with Gasteiger partial charge in [0.2, 0.25) is 5.91 Å². The van der Waals surface area contributed by atoms with E-state index in [4.69, 9.17) is 0 Å². The van der Waals surface area contributed by atoms with Gasteiger partial charge in [0.1, 0.15) is 0 Å². The Balaban J connectivity index is 2.52. The summed E-state index contributed by atoms with van der Waals surface area (Å²) in [6, 6.07) is 0.213. The van der Waals surface area contributed by atoms with Crippen molar-refractivity contribution in [2.75, 3.05) is 25.4 Å². The molecule has 1 amide bonds. The molecule has 0 aromatic heterocycles. The number of amides is 1. The maximum absolute atomic E-state index is 11.4. The summed E-state index contributed by atoms with van der Waals surface area (Å²) >= 11 is 4.01. The Morgan fingerprint density at radius 1 is 1.38 bits per heavy atom. The molecule has 1 N–H and O–H groups in total. The number of hydrogen-bond acceptors (Lipinski definition) is 3. The molecule has 1 aliphatic heterocycles. The second kappa shape index (κ2) is 5.92. The molecule has 1 rings (SSSR count). The van der Waals surface area contributed by atoms with Gasteiger partial charge in [-0.1, -0.05) is 20.8 Å². The van der Waals surface area contributed by atoms with Crippen LogP contribution in [-0.4, -0.2) is 42.2 Å². The van der Waals surface area contributed by atoms with Crippen molar-refractivity contribution in [3.05, 3.63) is 0 Å². The predicted molar refractivity (Wildman–Crippen MR) is 70.9 cm³/mol. The van der Waals surface area contributed by atoms with Crippen molar-refractivity contribution in [2.24, 2.45) is 5.41 Å². The number of likely N-dealkylation sites (tertiary alicyclic amines) is 1. The first kappa shape index (κ1) is 13.8. The minimum absolute atomic E-state index is 0.0301. The molecule has 4 heteroatoms. The smallest absolute Gasteiger partial charge is 0.230 e. The Labute approximate surface area is 104 Å². The highest BCUT2D eigenvalue weighted by Crippen LogP contribution is 2.21. The Morgan fingerprint density at radius 3 is 2.38 bits per heavy atom. The van der Waals surface area contributed by atoms with E-state index in [1.54, 1.807) is 0 Å². The zero-order chi connectivity index (χ0) is 12.2. The molecule has 16 heavy (non-hydrogen) atoms. The SMILES string of the molecule is CC(C)(C)C(CN1CCCC1)NC(=O)CS. The van der Waals surface area contributed by atoms with Crippen LogP contribution in [0.15, 0.2) is 0 Å². The van der Waals surface area contributed by atoms with Gasteiger partial charge in [-0.15, -0.1) is 0 Å². The van der Waals surface area contributed by atoms with Crippen LogP contribution in [0.1, 0.15) is 33.6 Å². The molecule has 0 bridgehead atoms. The molecular formula is C12H24N2OS. The average Bonchev–Trinajstić information content (AvgIpc) is 2.67. The van der Waals surface area contributed by atoms with Crippen LogP contribution in [0.4, 0.5) is 0 Å². The molecule has 0 aromatic rings. The summed E-state index contributed by atoms with van der Waals surface area (Å²) in [5.74, 6) is 0.300. The van der Waals surface area contributed by atoms with E-state index < -0.39 is 0 Å². The van der Waals surface area contributed by atoms with Crippen LogP contribution in [0.2, 0.25) is 0 Å². The molecule has 1 saturated heterocycles. The first-order valence-corrected chi connectivity index (χ1v) is 6.69. The van der Waals surface area contributed by atoms with Crippen molar-refractivity contribution in [3.8, 4) is 0 Å². The van der Waals surface area contributed by atoms with Gasteiger partial charge in [-0.3, -0.25) is 4.79 Å². The van der Waals surface area contributed by atoms with E-state index in [2.05, 4.69) is 43.6 Å². The number of nitrogens with one attached hydrogen (secondary N) is 1. The molecule has 3 nitrogen and oxygen atoms in total. The van der Waals surface area contributed by atoms with Crippen LogP contribution in [0, 0.1) is 5.41 Å². The molecule has 1 heterocycles. The molecule has 1 atom stereocenters. The van der Waals surface area contributed by atoms with Gasteiger partial charge in [-0.2, -0.15) is 12.6 Å². The van der Waals surface area contributed by atoms with Crippen molar-refractivity contribution in [1.82, 2.24) is 10.2 Å². The zero-order valence-corrected chi connectivity index (χ0v) is 11.5. The third-order valence-electron chi connectivity index (χ3n) is 3.16.